The van der Waals surface area contributed by atoms with Crippen LogP contribution in [0.1, 0.15) is 59.3 Å². The molecule has 1 fully saturated rings. The smallest absolute Gasteiger partial charge is 0.256 e. The maximum absolute atomic E-state index is 13.2. The molecule has 9 heteroatoms. The number of imidazole rings is 1. The molecule has 7 nitrogen and oxygen atoms in total. The summed E-state index contributed by atoms with van der Waals surface area (Å²) < 4.78 is 0. The van der Waals surface area contributed by atoms with Crippen LogP contribution in [0.4, 0.5) is 0 Å². The summed E-state index contributed by atoms with van der Waals surface area (Å²) >= 11 is 12.5. The lowest BCUT2D eigenvalue weighted by Crippen LogP contribution is -2.54. The van der Waals surface area contributed by atoms with Crippen LogP contribution in [-0.2, 0) is 0 Å². The maximum Gasteiger partial charge on any atom is 0.256 e. The Morgan fingerprint density at radius 1 is 1.21 bits per heavy atom. The summed E-state index contributed by atoms with van der Waals surface area (Å²) in [7, 11) is 3.94. The fourth-order valence-electron chi connectivity index (χ4n) is 4.26. The van der Waals surface area contributed by atoms with E-state index in [0.29, 0.717) is 28.5 Å². The SMILES string of the molecule is C[C@H](NC(=O)c1ccc(C(=O)N2CCC[C@]2(C)N(C)C)c(Cl)c1)c1nc2ccc(Cl)cc2[nH]1. The van der Waals surface area contributed by atoms with Crippen molar-refractivity contribution in [2.45, 2.75) is 38.4 Å². The molecule has 2 amide bonds. The molecule has 174 valence electrons. The number of halogens is 2. The lowest BCUT2D eigenvalue weighted by Gasteiger charge is -2.41. The highest BCUT2D eigenvalue weighted by atomic mass is 35.5. The zero-order valence-corrected chi connectivity index (χ0v) is 20.6. The minimum absolute atomic E-state index is 0.130. The number of amides is 2. The van der Waals surface area contributed by atoms with E-state index in [2.05, 4.69) is 27.1 Å². The van der Waals surface area contributed by atoms with E-state index in [-0.39, 0.29) is 28.5 Å². The second-order valence-corrected chi connectivity index (χ2v) is 9.69. The number of carbonyl (C=O) groups excluding carboxylic acids is 2. The summed E-state index contributed by atoms with van der Waals surface area (Å²) in [5.41, 5.74) is 1.98. The fraction of sp³-hybridized carbons (Fsp3) is 0.375. The van der Waals surface area contributed by atoms with Crippen LogP contribution in [0.3, 0.4) is 0 Å². The van der Waals surface area contributed by atoms with Crippen LogP contribution in [0.5, 0.6) is 0 Å². The summed E-state index contributed by atoms with van der Waals surface area (Å²) in [5.74, 6) is 0.187. The Bertz CT molecular complexity index is 1220. The number of hydrogen-bond donors (Lipinski definition) is 2. The standard InChI is InChI=1S/C24H27Cl2N5O2/c1-14(21-28-19-9-7-16(25)13-20(19)29-21)27-22(32)15-6-8-17(18(26)12-15)23(33)31-11-5-10-24(31,2)30(3)4/h6-9,12-14H,5,10-11H2,1-4H3,(H,27,32)(H,28,29)/t14-,24+/m0/s1. The molecule has 1 saturated heterocycles. The molecule has 0 radical (unpaired) electrons. The largest absolute Gasteiger partial charge is 0.342 e. The van der Waals surface area contributed by atoms with E-state index in [0.717, 1.165) is 23.9 Å². The normalized spacial score (nSPS) is 19.3. The molecule has 0 bridgehead atoms. The zero-order chi connectivity index (χ0) is 23.9. The van der Waals surface area contributed by atoms with Crippen molar-refractivity contribution in [1.29, 1.82) is 0 Å². The third kappa shape index (κ3) is 4.45. The number of benzene rings is 2. The molecule has 0 spiro atoms. The average Bonchev–Trinajstić information content (AvgIpc) is 3.37. The van der Waals surface area contributed by atoms with Gasteiger partial charge in [0.05, 0.1) is 33.3 Å². The quantitative estimate of drug-likeness (QED) is 0.537. The van der Waals surface area contributed by atoms with Crippen LogP contribution >= 0.6 is 23.2 Å². The molecular formula is C24H27Cl2N5O2. The predicted octanol–water partition coefficient (Wildman–Crippen LogP) is 4.87. The molecule has 1 aliphatic rings. The number of nitrogens with one attached hydrogen (secondary N) is 2. The van der Waals surface area contributed by atoms with Crippen LogP contribution in [0, 0.1) is 0 Å². The number of aromatic nitrogens is 2. The van der Waals surface area contributed by atoms with Gasteiger partial charge in [0, 0.05) is 17.1 Å². The molecule has 4 rings (SSSR count). The van der Waals surface area contributed by atoms with Crippen molar-refractivity contribution in [3.63, 3.8) is 0 Å². The molecule has 2 atom stereocenters. The van der Waals surface area contributed by atoms with Gasteiger partial charge < -0.3 is 15.2 Å². The Morgan fingerprint density at radius 2 is 1.97 bits per heavy atom. The number of likely N-dealkylation sites (tertiary alicyclic amines) is 1. The Balaban J connectivity index is 1.50. The van der Waals surface area contributed by atoms with Crippen molar-refractivity contribution >= 4 is 46.0 Å². The van der Waals surface area contributed by atoms with Crippen molar-refractivity contribution in [2.75, 3.05) is 20.6 Å². The van der Waals surface area contributed by atoms with E-state index < -0.39 is 0 Å². The van der Waals surface area contributed by atoms with E-state index in [1.54, 1.807) is 30.3 Å². The molecule has 0 saturated carbocycles. The van der Waals surface area contributed by atoms with E-state index in [1.165, 1.54) is 0 Å². The van der Waals surface area contributed by atoms with Crippen LogP contribution < -0.4 is 5.32 Å². The third-order valence-electron chi connectivity index (χ3n) is 6.50. The number of aromatic amines is 1. The molecule has 2 heterocycles. The first-order valence-electron chi connectivity index (χ1n) is 10.8. The highest BCUT2D eigenvalue weighted by molar-refractivity contribution is 6.34. The lowest BCUT2D eigenvalue weighted by atomic mass is 10.1. The number of nitrogens with zero attached hydrogens (tertiary/aromatic N) is 3. The van der Waals surface area contributed by atoms with Crippen molar-refractivity contribution in [2.24, 2.45) is 0 Å². The van der Waals surface area contributed by atoms with E-state index in [9.17, 15) is 9.59 Å². The molecule has 33 heavy (non-hydrogen) atoms. The lowest BCUT2D eigenvalue weighted by molar-refractivity contribution is 0.0178. The molecule has 1 aliphatic heterocycles. The van der Waals surface area contributed by atoms with Gasteiger partial charge in [-0.3, -0.25) is 14.5 Å². The van der Waals surface area contributed by atoms with Gasteiger partial charge in [0.25, 0.3) is 11.8 Å². The summed E-state index contributed by atoms with van der Waals surface area (Å²) in [5, 5.41) is 3.79. The summed E-state index contributed by atoms with van der Waals surface area (Å²) in [6, 6.07) is 9.81. The van der Waals surface area contributed by atoms with Crippen molar-refractivity contribution in [3.05, 3.63) is 63.4 Å². The van der Waals surface area contributed by atoms with Gasteiger partial charge in [-0.1, -0.05) is 23.2 Å². The van der Waals surface area contributed by atoms with Gasteiger partial charge in [0.2, 0.25) is 0 Å². The van der Waals surface area contributed by atoms with Crippen molar-refractivity contribution in [1.82, 2.24) is 25.1 Å². The minimum atomic E-state index is -0.367. The molecule has 0 aliphatic carbocycles. The summed E-state index contributed by atoms with van der Waals surface area (Å²) in [6.45, 7) is 4.57. The fourth-order valence-corrected chi connectivity index (χ4v) is 4.70. The number of rotatable bonds is 5. The topological polar surface area (TPSA) is 81.3 Å². The van der Waals surface area contributed by atoms with Gasteiger partial charge >= 0.3 is 0 Å². The number of fused-ring (bicyclic) bond motifs is 1. The van der Waals surface area contributed by atoms with Gasteiger partial charge in [-0.2, -0.15) is 0 Å². The van der Waals surface area contributed by atoms with E-state index in [1.807, 2.05) is 32.0 Å². The minimum Gasteiger partial charge on any atom is -0.342 e. The zero-order valence-electron chi connectivity index (χ0n) is 19.1. The monoisotopic (exact) mass is 487 g/mol. The number of H-pyrrole nitrogens is 1. The van der Waals surface area contributed by atoms with Gasteiger partial charge in [0.1, 0.15) is 5.82 Å². The highest BCUT2D eigenvalue weighted by Gasteiger charge is 2.42. The van der Waals surface area contributed by atoms with Gasteiger partial charge in [0.15, 0.2) is 0 Å². The average molecular weight is 488 g/mol. The van der Waals surface area contributed by atoms with Crippen LogP contribution in [0.15, 0.2) is 36.4 Å². The summed E-state index contributed by atoms with van der Waals surface area (Å²) in [6.07, 6.45) is 1.83. The third-order valence-corrected chi connectivity index (χ3v) is 7.05. The Kier molecular flexibility index (Phi) is 6.40. The molecule has 1 aromatic heterocycles. The Morgan fingerprint density at radius 3 is 2.67 bits per heavy atom. The highest BCUT2D eigenvalue weighted by Crippen LogP contribution is 2.33. The first kappa shape index (κ1) is 23.5. The Labute approximate surface area is 203 Å². The van der Waals surface area contributed by atoms with Gasteiger partial charge in [-0.25, -0.2) is 4.98 Å². The first-order chi connectivity index (χ1) is 15.6. The Hall–Kier alpha value is -2.61. The van der Waals surface area contributed by atoms with Crippen molar-refractivity contribution < 1.29 is 9.59 Å². The van der Waals surface area contributed by atoms with Crippen LogP contribution in [-0.4, -0.2) is 57.9 Å². The van der Waals surface area contributed by atoms with Crippen LogP contribution in [0.2, 0.25) is 10.0 Å². The molecule has 0 unspecified atom stereocenters. The molecule has 2 aromatic carbocycles. The van der Waals surface area contributed by atoms with Gasteiger partial charge in [-0.05, 0) is 77.2 Å². The summed E-state index contributed by atoms with van der Waals surface area (Å²) in [4.78, 5) is 37.7. The van der Waals surface area contributed by atoms with Crippen LogP contribution in [0.25, 0.3) is 11.0 Å². The maximum atomic E-state index is 13.2. The van der Waals surface area contributed by atoms with Crippen molar-refractivity contribution in [3.8, 4) is 0 Å². The second kappa shape index (κ2) is 8.97. The molecular weight excluding hydrogens is 461 g/mol. The molecule has 3 aromatic rings. The second-order valence-electron chi connectivity index (χ2n) is 8.85. The molecule has 2 N–H and O–H groups in total. The predicted molar refractivity (Wildman–Crippen MR) is 131 cm³/mol. The number of hydrogen-bond acceptors (Lipinski definition) is 4. The first-order valence-corrected chi connectivity index (χ1v) is 11.6. The van der Waals surface area contributed by atoms with Gasteiger partial charge in [-0.15, -0.1) is 0 Å². The van der Waals surface area contributed by atoms with E-state index in [4.69, 9.17) is 23.2 Å². The van der Waals surface area contributed by atoms with E-state index >= 15 is 0 Å². The number of carbonyl (C=O) groups is 2.